The van der Waals surface area contributed by atoms with E-state index < -0.39 is 10.0 Å². The summed E-state index contributed by atoms with van der Waals surface area (Å²) in [6.07, 6.45) is 3.11. The SMILES string of the molecule is CN(C)c1ccc(N(CC(=O)N2CCCC2)S(C)(=O)=O)cc1. The van der Waals surface area contributed by atoms with Gasteiger partial charge in [-0.05, 0) is 37.1 Å². The zero-order valence-electron chi connectivity index (χ0n) is 13.3. The number of hydrogen-bond donors (Lipinski definition) is 0. The van der Waals surface area contributed by atoms with Gasteiger partial charge in [-0.1, -0.05) is 0 Å². The molecular weight excluding hydrogens is 302 g/mol. The van der Waals surface area contributed by atoms with Gasteiger partial charge in [0.1, 0.15) is 6.54 Å². The largest absolute Gasteiger partial charge is 0.378 e. The van der Waals surface area contributed by atoms with Gasteiger partial charge in [0.05, 0.1) is 11.9 Å². The minimum absolute atomic E-state index is 0.139. The number of carbonyl (C=O) groups excluding carboxylic acids is 1. The van der Waals surface area contributed by atoms with Gasteiger partial charge in [-0.25, -0.2) is 8.42 Å². The molecule has 0 aliphatic carbocycles. The summed E-state index contributed by atoms with van der Waals surface area (Å²) in [5.41, 5.74) is 1.49. The van der Waals surface area contributed by atoms with Gasteiger partial charge >= 0.3 is 0 Å². The molecule has 1 fully saturated rings. The Labute approximate surface area is 132 Å². The fourth-order valence-corrected chi connectivity index (χ4v) is 3.36. The standard InChI is InChI=1S/C15H23N3O3S/c1-16(2)13-6-8-14(9-7-13)18(22(3,20)21)12-15(19)17-10-4-5-11-17/h6-9H,4-5,10-12H2,1-3H3. The molecule has 0 saturated carbocycles. The van der Waals surface area contributed by atoms with Gasteiger partial charge in [0.2, 0.25) is 15.9 Å². The lowest BCUT2D eigenvalue weighted by Crippen LogP contribution is -2.41. The van der Waals surface area contributed by atoms with E-state index in [9.17, 15) is 13.2 Å². The highest BCUT2D eigenvalue weighted by Crippen LogP contribution is 2.22. The molecule has 7 heteroatoms. The number of rotatable bonds is 5. The van der Waals surface area contributed by atoms with Crippen molar-refractivity contribution in [3.8, 4) is 0 Å². The number of hydrogen-bond acceptors (Lipinski definition) is 4. The third-order valence-electron chi connectivity index (χ3n) is 3.79. The first-order chi connectivity index (χ1) is 10.3. The number of anilines is 2. The monoisotopic (exact) mass is 325 g/mol. The zero-order chi connectivity index (χ0) is 16.3. The summed E-state index contributed by atoms with van der Waals surface area (Å²) < 4.78 is 25.3. The molecular formula is C15H23N3O3S. The van der Waals surface area contributed by atoms with Crippen LogP contribution in [-0.4, -0.2) is 59.2 Å². The van der Waals surface area contributed by atoms with Gasteiger partial charge < -0.3 is 9.80 Å². The van der Waals surface area contributed by atoms with Crippen molar-refractivity contribution >= 4 is 27.3 Å². The molecule has 0 radical (unpaired) electrons. The highest BCUT2D eigenvalue weighted by molar-refractivity contribution is 7.92. The van der Waals surface area contributed by atoms with Gasteiger partial charge in [-0.2, -0.15) is 0 Å². The van der Waals surface area contributed by atoms with Crippen molar-refractivity contribution in [3.05, 3.63) is 24.3 Å². The van der Waals surface area contributed by atoms with E-state index in [-0.39, 0.29) is 12.5 Å². The molecule has 1 heterocycles. The molecule has 1 aromatic rings. The van der Waals surface area contributed by atoms with Gasteiger partial charge in [0.25, 0.3) is 0 Å². The Morgan fingerprint density at radius 1 is 1.09 bits per heavy atom. The van der Waals surface area contributed by atoms with Gasteiger partial charge in [0.15, 0.2) is 0 Å². The van der Waals surface area contributed by atoms with Crippen molar-refractivity contribution in [2.24, 2.45) is 0 Å². The average Bonchev–Trinajstić information content (AvgIpc) is 2.97. The summed E-state index contributed by atoms with van der Waals surface area (Å²) in [5, 5.41) is 0. The lowest BCUT2D eigenvalue weighted by atomic mass is 10.2. The quantitative estimate of drug-likeness (QED) is 0.814. The Morgan fingerprint density at radius 3 is 2.05 bits per heavy atom. The zero-order valence-corrected chi connectivity index (χ0v) is 14.1. The van der Waals surface area contributed by atoms with Crippen molar-refractivity contribution in [2.75, 3.05) is 49.2 Å². The summed E-state index contributed by atoms with van der Waals surface area (Å²) >= 11 is 0. The first kappa shape index (κ1) is 16.6. The van der Waals surface area contributed by atoms with Crippen LogP contribution in [0.5, 0.6) is 0 Å². The summed E-state index contributed by atoms with van der Waals surface area (Å²) in [4.78, 5) is 15.9. The van der Waals surface area contributed by atoms with E-state index in [4.69, 9.17) is 0 Å². The molecule has 0 N–H and O–H groups in total. The molecule has 1 aromatic carbocycles. The van der Waals surface area contributed by atoms with E-state index in [1.54, 1.807) is 17.0 Å². The minimum atomic E-state index is -3.50. The molecule has 1 saturated heterocycles. The molecule has 6 nitrogen and oxygen atoms in total. The summed E-state index contributed by atoms with van der Waals surface area (Å²) in [6.45, 7) is 1.30. The average molecular weight is 325 g/mol. The Bertz CT molecular complexity index is 620. The molecule has 1 aliphatic rings. The van der Waals surface area contributed by atoms with Crippen LogP contribution in [0.3, 0.4) is 0 Å². The Hall–Kier alpha value is -1.76. The molecule has 0 unspecified atom stereocenters. The van der Waals surface area contributed by atoms with Crippen LogP contribution in [0.15, 0.2) is 24.3 Å². The van der Waals surface area contributed by atoms with Crippen LogP contribution in [0.4, 0.5) is 11.4 Å². The van der Waals surface area contributed by atoms with Crippen LogP contribution in [-0.2, 0) is 14.8 Å². The Morgan fingerprint density at radius 2 is 1.59 bits per heavy atom. The van der Waals surface area contributed by atoms with Crippen molar-refractivity contribution < 1.29 is 13.2 Å². The molecule has 1 aliphatic heterocycles. The number of sulfonamides is 1. The second-order valence-corrected chi connectivity index (χ2v) is 7.68. The second-order valence-electron chi connectivity index (χ2n) is 5.77. The fraction of sp³-hybridized carbons (Fsp3) is 0.533. The van der Waals surface area contributed by atoms with E-state index >= 15 is 0 Å². The number of likely N-dealkylation sites (tertiary alicyclic amines) is 1. The second kappa shape index (κ2) is 6.56. The molecule has 0 atom stereocenters. The Balaban J connectivity index is 2.21. The number of benzene rings is 1. The van der Waals surface area contributed by atoms with Crippen LogP contribution >= 0.6 is 0 Å². The Kier molecular flexibility index (Phi) is 4.95. The summed E-state index contributed by atoms with van der Waals surface area (Å²) in [6, 6.07) is 7.14. The maximum absolute atomic E-state index is 12.3. The molecule has 0 bridgehead atoms. The number of nitrogens with zero attached hydrogens (tertiary/aromatic N) is 3. The van der Waals surface area contributed by atoms with Crippen molar-refractivity contribution in [2.45, 2.75) is 12.8 Å². The number of carbonyl (C=O) groups is 1. The van der Waals surface area contributed by atoms with E-state index in [0.29, 0.717) is 5.69 Å². The van der Waals surface area contributed by atoms with Crippen molar-refractivity contribution in [1.82, 2.24) is 4.90 Å². The summed E-state index contributed by atoms with van der Waals surface area (Å²) in [5.74, 6) is -0.139. The van der Waals surface area contributed by atoms with E-state index in [1.165, 1.54) is 4.31 Å². The number of amides is 1. The van der Waals surface area contributed by atoms with E-state index in [0.717, 1.165) is 37.9 Å². The van der Waals surface area contributed by atoms with Crippen LogP contribution in [0.25, 0.3) is 0 Å². The maximum atomic E-state index is 12.3. The molecule has 0 spiro atoms. The molecule has 0 aromatic heterocycles. The third kappa shape index (κ3) is 3.91. The van der Waals surface area contributed by atoms with Crippen LogP contribution in [0, 0.1) is 0 Å². The summed E-state index contributed by atoms with van der Waals surface area (Å²) in [7, 11) is 0.330. The van der Waals surface area contributed by atoms with E-state index in [1.807, 2.05) is 31.1 Å². The molecule has 2 rings (SSSR count). The third-order valence-corrected chi connectivity index (χ3v) is 4.93. The first-order valence-electron chi connectivity index (χ1n) is 7.32. The van der Waals surface area contributed by atoms with Crippen LogP contribution in [0.2, 0.25) is 0 Å². The fourth-order valence-electron chi connectivity index (χ4n) is 2.51. The topological polar surface area (TPSA) is 60.9 Å². The highest BCUT2D eigenvalue weighted by Gasteiger charge is 2.25. The molecule has 122 valence electrons. The van der Waals surface area contributed by atoms with Crippen LogP contribution in [0.1, 0.15) is 12.8 Å². The maximum Gasteiger partial charge on any atom is 0.243 e. The predicted octanol–water partition coefficient (Wildman–Crippen LogP) is 1.14. The van der Waals surface area contributed by atoms with Crippen molar-refractivity contribution in [1.29, 1.82) is 0 Å². The van der Waals surface area contributed by atoms with Gasteiger partial charge in [-0.15, -0.1) is 0 Å². The van der Waals surface area contributed by atoms with Crippen LogP contribution < -0.4 is 9.21 Å². The van der Waals surface area contributed by atoms with Gasteiger partial charge in [0, 0.05) is 32.9 Å². The lowest BCUT2D eigenvalue weighted by Gasteiger charge is -2.25. The predicted molar refractivity (Wildman–Crippen MR) is 88.8 cm³/mol. The smallest absolute Gasteiger partial charge is 0.243 e. The van der Waals surface area contributed by atoms with E-state index in [2.05, 4.69) is 0 Å². The van der Waals surface area contributed by atoms with Crippen molar-refractivity contribution in [3.63, 3.8) is 0 Å². The minimum Gasteiger partial charge on any atom is -0.378 e. The lowest BCUT2D eigenvalue weighted by molar-refractivity contribution is -0.128. The highest BCUT2D eigenvalue weighted by atomic mass is 32.2. The molecule has 22 heavy (non-hydrogen) atoms. The van der Waals surface area contributed by atoms with Gasteiger partial charge in [-0.3, -0.25) is 9.10 Å². The normalized spacial score (nSPS) is 15.0. The first-order valence-corrected chi connectivity index (χ1v) is 9.17. The molecule has 1 amide bonds.